The van der Waals surface area contributed by atoms with Gasteiger partial charge in [-0.3, -0.25) is 0 Å². The highest BCUT2D eigenvalue weighted by Crippen LogP contribution is 2.32. The second kappa shape index (κ2) is 7.15. The summed E-state index contributed by atoms with van der Waals surface area (Å²) in [7, 11) is 1.54. The van der Waals surface area contributed by atoms with Crippen molar-refractivity contribution in [3.05, 3.63) is 65.2 Å². The van der Waals surface area contributed by atoms with Crippen LogP contribution in [0.25, 0.3) is 0 Å². The topological polar surface area (TPSA) is 38.7 Å². The van der Waals surface area contributed by atoms with E-state index in [4.69, 9.17) is 9.47 Å². The van der Waals surface area contributed by atoms with Gasteiger partial charge in [0.25, 0.3) is 0 Å². The highest BCUT2D eigenvalue weighted by Gasteiger charge is 2.22. The van der Waals surface area contributed by atoms with Gasteiger partial charge in [0.2, 0.25) is 0 Å². The van der Waals surface area contributed by atoms with Crippen LogP contribution in [0.2, 0.25) is 0 Å². The van der Waals surface area contributed by atoms with E-state index < -0.39 is 17.7 Å². The number of aliphatic hydroxyl groups is 1. The van der Waals surface area contributed by atoms with Crippen molar-refractivity contribution >= 4 is 0 Å². The lowest BCUT2D eigenvalue weighted by Crippen LogP contribution is -2.10. The molecule has 0 aromatic heterocycles. The van der Waals surface area contributed by atoms with Crippen LogP contribution in [-0.4, -0.2) is 25.4 Å². The maximum absolute atomic E-state index is 13.8. The smallest absolute Gasteiger partial charge is 0.132 e. The van der Waals surface area contributed by atoms with Gasteiger partial charge in [-0.1, -0.05) is 24.3 Å². The molecule has 1 atom stereocenters. The van der Waals surface area contributed by atoms with E-state index in [0.29, 0.717) is 17.9 Å². The largest absolute Gasteiger partial charge is 0.491 e. The van der Waals surface area contributed by atoms with Crippen molar-refractivity contribution in [3.63, 3.8) is 0 Å². The Labute approximate surface area is 121 Å². The van der Waals surface area contributed by atoms with Crippen LogP contribution in [0.15, 0.2) is 42.5 Å². The molecule has 3 nitrogen and oxygen atoms in total. The molecule has 0 radical (unpaired) electrons. The quantitative estimate of drug-likeness (QED) is 0.832. The van der Waals surface area contributed by atoms with Crippen LogP contribution in [0.3, 0.4) is 0 Å². The first-order valence-corrected chi connectivity index (χ1v) is 6.47. The minimum atomic E-state index is -1.44. The van der Waals surface area contributed by atoms with Gasteiger partial charge in [0, 0.05) is 12.7 Å². The van der Waals surface area contributed by atoms with Crippen molar-refractivity contribution in [2.24, 2.45) is 0 Å². The molecule has 21 heavy (non-hydrogen) atoms. The summed E-state index contributed by atoms with van der Waals surface area (Å²) in [6.07, 6.45) is -1.44. The molecule has 0 amide bonds. The second-order valence-electron chi connectivity index (χ2n) is 4.42. The van der Waals surface area contributed by atoms with Gasteiger partial charge < -0.3 is 14.6 Å². The molecule has 0 bridgehead atoms. The second-order valence-corrected chi connectivity index (χ2v) is 4.42. The fourth-order valence-electron chi connectivity index (χ4n) is 2.00. The Kier molecular flexibility index (Phi) is 5.25. The summed E-state index contributed by atoms with van der Waals surface area (Å²) in [5.74, 6) is -1.23. The third-order valence-electron chi connectivity index (χ3n) is 3.03. The van der Waals surface area contributed by atoms with Gasteiger partial charge in [0.15, 0.2) is 0 Å². The van der Waals surface area contributed by atoms with Crippen LogP contribution in [-0.2, 0) is 4.74 Å². The van der Waals surface area contributed by atoms with Crippen LogP contribution < -0.4 is 4.74 Å². The standard InChI is InChI=1S/C16H16F2O3/c1-20-9-10-21-14-8-3-2-5-11(14)16(19)15-12(17)6-4-7-13(15)18/h2-8,16,19H,9-10H2,1H3. The van der Waals surface area contributed by atoms with Gasteiger partial charge in [-0.2, -0.15) is 0 Å². The average molecular weight is 294 g/mol. The summed E-state index contributed by atoms with van der Waals surface area (Å²) >= 11 is 0. The number of benzene rings is 2. The number of aliphatic hydroxyl groups excluding tert-OH is 1. The molecule has 0 saturated carbocycles. The van der Waals surface area contributed by atoms with Crippen LogP contribution in [0.1, 0.15) is 17.2 Å². The maximum Gasteiger partial charge on any atom is 0.132 e. The fraction of sp³-hybridized carbons (Fsp3) is 0.250. The zero-order valence-electron chi connectivity index (χ0n) is 11.6. The zero-order valence-corrected chi connectivity index (χ0v) is 11.6. The summed E-state index contributed by atoms with van der Waals surface area (Å²) in [5, 5.41) is 10.3. The maximum atomic E-state index is 13.8. The van der Waals surface area contributed by atoms with E-state index in [9.17, 15) is 13.9 Å². The normalized spacial score (nSPS) is 12.2. The van der Waals surface area contributed by atoms with Gasteiger partial charge in [0.05, 0.1) is 12.2 Å². The van der Waals surface area contributed by atoms with E-state index in [1.54, 1.807) is 31.4 Å². The van der Waals surface area contributed by atoms with Crippen LogP contribution in [0.5, 0.6) is 5.75 Å². The molecule has 112 valence electrons. The van der Waals surface area contributed by atoms with Crippen molar-refractivity contribution in [2.75, 3.05) is 20.3 Å². The molecule has 2 aromatic rings. The first-order valence-electron chi connectivity index (χ1n) is 6.47. The minimum Gasteiger partial charge on any atom is -0.491 e. The third-order valence-corrected chi connectivity index (χ3v) is 3.03. The number of rotatable bonds is 6. The van der Waals surface area contributed by atoms with E-state index in [0.717, 1.165) is 12.1 Å². The molecule has 0 fully saturated rings. The first kappa shape index (κ1) is 15.4. The van der Waals surface area contributed by atoms with E-state index in [-0.39, 0.29) is 12.2 Å². The SMILES string of the molecule is COCCOc1ccccc1C(O)c1c(F)cccc1F. The van der Waals surface area contributed by atoms with Crippen molar-refractivity contribution in [3.8, 4) is 5.75 Å². The van der Waals surface area contributed by atoms with Crippen LogP contribution in [0.4, 0.5) is 8.78 Å². The Morgan fingerprint density at radius 3 is 2.33 bits per heavy atom. The Morgan fingerprint density at radius 1 is 1.00 bits per heavy atom. The lowest BCUT2D eigenvalue weighted by atomic mass is 9.99. The molecule has 0 aliphatic carbocycles. The Hall–Kier alpha value is -1.98. The fourth-order valence-corrected chi connectivity index (χ4v) is 2.00. The highest BCUT2D eigenvalue weighted by molar-refractivity contribution is 5.41. The Morgan fingerprint density at radius 2 is 1.67 bits per heavy atom. The van der Waals surface area contributed by atoms with Crippen molar-refractivity contribution in [1.82, 2.24) is 0 Å². The summed E-state index contributed by atoms with van der Waals surface area (Å²) in [5.41, 5.74) is -0.0853. The summed E-state index contributed by atoms with van der Waals surface area (Å²) in [6.45, 7) is 0.651. The highest BCUT2D eigenvalue weighted by atomic mass is 19.1. The molecule has 0 spiro atoms. The molecule has 0 heterocycles. The molecule has 2 rings (SSSR count). The van der Waals surface area contributed by atoms with Gasteiger partial charge in [-0.25, -0.2) is 8.78 Å². The summed E-state index contributed by atoms with van der Waals surface area (Å²) in [6, 6.07) is 10.1. The molecule has 0 aliphatic heterocycles. The first-order chi connectivity index (χ1) is 10.1. The Bertz CT molecular complexity index is 582. The molecule has 2 aromatic carbocycles. The van der Waals surface area contributed by atoms with E-state index in [2.05, 4.69) is 0 Å². The lowest BCUT2D eigenvalue weighted by Gasteiger charge is -2.17. The number of ether oxygens (including phenoxy) is 2. The van der Waals surface area contributed by atoms with E-state index in [1.807, 2.05) is 0 Å². The lowest BCUT2D eigenvalue weighted by molar-refractivity contribution is 0.142. The van der Waals surface area contributed by atoms with Crippen LogP contribution >= 0.6 is 0 Å². The molecule has 0 saturated heterocycles. The average Bonchev–Trinajstić information content (AvgIpc) is 2.47. The molecule has 5 heteroatoms. The molecular formula is C16H16F2O3. The Balaban J connectivity index is 2.32. The van der Waals surface area contributed by atoms with Gasteiger partial charge in [-0.05, 0) is 18.2 Å². The molecule has 1 N–H and O–H groups in total. The molecule has 0 aliphatic rings. The van der Waals surface area contributed by atoms with E-state index in [1.165, 1.54) is 6.07 Å². The monoisotopic (exact) mass is 294 g/mol. The summed E-state index contributed by atoms with van der Waals surface area (Å²) in [4.78, 5) is 0. The summed E-state index contributed by atoms with van der Waals surface area (Å²) < 4.78 is 37.9. The number of halogens is 2. The molecule has 1 unspecified atom stereocenters. The van der Waals surface area contributed by atoms with Gasteiger partial charge >= 0.3 is 0 Å². The number of hydrogen-bond acceptors (Lipinski definition) is 3. The minimum absolute atomic E-state index is 0.278. The predicted molar refractivity (Wildman–Crippen MR) is 74.2 cm³/mol. The number of hydrogen-bond donors (Lipinski definition) is 1. The van der Waals surface area contributed by atoms with Crippen molar-refractivity contribution < 1.29 is 23.4 Å². The van der Waals surface area contributed by atoms with Crippen molar-refractivity contribution in [1.29, 1.82) is 0 Å². The predicted octanol–water partition coefficient (Wildman–Crippen LogP) is 3.07. The van der Waals surface area contributed by atoms with Crippen molar-refractivity contribution in [2.45, 2.75) is 6.10 Å². The van der Waals surface area contributed by atoms with Gasteiger partial charge in [-0.15, -0.1) is 0 Å². The van der Waals surface area contributed by atoms with E-state index >= 15 is 0 Å². The van der Waals surface area contributed by atoms with Gasteiger partial charge in [0.1, 0.15) is 30.1 Å². The number of para-hydroxylation sites is 1. The number of methoxy groups -OCH3 is 1. The van der Waals surface area contributed by atoms with Crippen LogP contribution in [0, 0.1) is 11.6 Å². The molecular weight excluding hydrogens is 278 g/mol. The zero-order chi connectivity index (χ0) is 15.2. The third kappa shape index (κ3) is 3.56.